The maximum absolute atomic E-state index is 3.69. The number of thioether (sulfide) groups is 1. The quantitative estimate of drug-likeness (QED) is 0.702. The molecule has 2 atom stereocenters. The van der Waals surface area contributed by atoms with E-state index in [1.807, 2.05) is 0 Å². The molecule has 0 aliphatic heterocycles. The van der Waals surface area contributed by atoms with Crippen LogP contribution in [0.3, 0.4) is 0 Å². The lowest BCUT2D eigenvalue weighted by Crippen LogP contribution is -2.37. The predicted octanol–water partition coefficient (Wildman–Crippen LogP) is 3.05. The van der Waals surface area contributed by atoms with Crippen molar-refractivity contribution in [1.29, 1.82) is 0 Å². The van der Waals surface area contributed by atoms with Crippen molar-refractivity contribution in [3.63, 3.8) is 0 Å². The summed E-state index contributed by atoms with van der Waals surface area (Å²) in [5.74, 6) is 0. The van der Waals surface area contributed by atoms with Crippen LogP contribution in [-0.2, 0) is 0 Å². The molecule has 0 saturated heterocycles. The molecule has 0 heterocycles. The number of hydrogen-bond acceptors (Lipinski definition) is 2. The van der Waals surface area contributed by atoms with Gasteiger partial charge in [-0.15, -0.1) is 0 Å². The Morgan fingerprint density at radius 1 is 1.23 bits per heavy atom. The zero-order chi connectivity index (χ0) is 9.52. The molecule has 2 unspecified atom stereocenters. The maximum atomic E-state index is 3.69. The van der Waals surface area contributed by atoms with Crippen molar-refractivity contribution in [2.24, 2.45) is 0 Å². The van der Waals surface area contributed by atoms with Crippen LogP contribution in [0.15, 0.2) is 0 Å². The van der Waals surface area contributed by atoms with Gasteiger partial charge in [0.15, 0.2) is 0 Å². The second-order valence-electron chi connectivity index (χ2n) is 3.97. The summed E-state index contributed by atoms with van der Waals surface area (Å²) in [6.07, 6.45) is 10.7. The molecule has 0 amide bonds. The Labute approximate surface area is 87.1 Å². The molecule has 1 aliphatic rings. The highest BCUT2D eigenvalue weighted by atomic mass is 32.2. The van der Waals surface area contributed by atoms with E-state index in [1.165, 1.54) is 45.1 Å². The molecule has 1 saturated carbocycles. The fourth-order valence-electron chi connectivity index (χ4n) is 2.12. The zero-order valence-corrected chi connectivity index (χ0v) is 9.83. The summed E-state index contributed by atoms with van der Waals surface area (Å²) in [4.78, 5) is 0. The van der Waals surface area contributed by atoms with Crippen LogP contribution in [0.4, 0.5) is 0 Å². The van der Waals surface area contributed by atoms with E-state index in [0.29, 0.717) is 0 Å². The average Bonchev–Trinajstić information content (AvgIpc) is 2.39. The molecule has 0 bridgehead atoms. The number of rotatable bonds is 4. The van der Waals surface area contributed by atoms with Crippen LogP contribution < -0.4 is 5.32 Å². The van der Waals surface area contributed by atoms with Crippen LogP contribution in [0.1, 0.15) is 45.4 Å². The van der Waals surface area contributed by atoms with E-state index < -0.39 is 0 Å². The van der Waals surface area contributed by atoms with E-state index in [-0.39, 0.29) is 0 Å². The van der Waals surface area contributed by atoms with Crippen LogP contribution in [0.5, 0.6) is 0 Å². The molecule has 0 aromatic rings. The standard InChI is InChI=1S/C11H23NS/c1-3-9-12-10-7-5-4-6-8-11(10)13-2/h10-12H,3-9H2,1-2H3. The van der Waals surface area contributed by atoms with E-state index in [2.05, 4.69) is 30.3 Å². The Kier molecular flexibility index (Phi) is 5.88. The first-order chi connectivity index (χ1) is 6.38. The summed E-state index contributed by atoms with van der Waals surface area (Å²) in [5.41, 5.74) is 0. The first kappa shape index (κ1) is 11.4. The lowest BCUT2D eigenvalue weighted by molar-refractivity contribution is 0.470. The highest BCUT2D eigenvalue weighted by molar-refractivity contribution is 7.99. The topological polar surface area (TPSA) is 12.0 Å². The highest BCUT2D eigenvalue weighted by Crippen LogP contribution is 2.26. The van der Waals surface area contributed by atoms with Gasteiger partial charge >= 0.3 is 0 Å². The Morgan fingerprint density at radius 3 is 2.69 bits per heavy atom. The first-order valence-electron chi connectivity index (χ1n) is 5.64. The fourth-order valence-corrected chi connectivity index (χ4v) is 3.08. The van der Waals surface area contributed by atoms with Crippen LogP contribution >= 0.6 is 11.8 Å². The largest absolute Gasteiger partial charge is 0.313 e. The minimum absolute atomic E-state index is 0.789. The Bertz CT molecular complexity index is 127. The smallest absolute Gasteiger partial charge is 0.0198 e. The Balaban J connectivity index is 2.34. The molecular weight excluding hydrogens is 178 g/mol. The highest BCUT2D eigenvalue weighted by Gasteiger charge is 2.21. The van der Waals surface area contributed by atoms with Gasteiger partial charge in [-0.2, -0.15) is 11.8 Å². The third-order valence-corrected chi connectivity index (χ3v) is 4.08. The van der Waals surface area contributed by atoms with Crippen molar-refractivity contribution >= 4 is 11.8 Å². The molecule has 1 aliphatic carbocycles. The van der Waals surface area contributed by atoms with Crippen molar-refractivity contribution in [3.8, 4) is 0 Å². The molecule has 0 aromatic carbocycles. The molecule has 0 radical (unpaired) electrons. The van der Waals surface area contributed by atoms with Crippen LogP contribution in [0.25, 0.3) is 0 Å². The van der Waals surface area contributed by atoms with Crippen LogP contribution in [0, 0.1) is 0 Å². The zero-order valence-electron chi connectivity index (χ0n) is 9.01. The predicted molar refractivity (Wildman–Crippen MR) is 62.5 cm³/mol. The summed E-state index contributed by atoms with van der Waals surface area (Å²) in [5, 5.41) is 4.56. The monoisotopic (exact) mass is 201 g/mol. The van der Waals surface area contributed by atoms with Crippen LogP contribution in [-0.4, -0.2) is 24.1 Å². The van der Waals surface area contributed by atoms with Gasteiger partial charge in [0.05, 0.1) is 0 Å². The van der Waals surface area contributed by atoms with E-state index >= 15 is 0 Å². The van der Waals surface area contributed by atoms with E-state index in [0.717, 1.165) is 11.3 Å². The minimum Gasteiger partial charge on any atom is -0.313 e. The third-order valence-electron chi connectivity index (χ3n) is 2.91. The van der Waals surface area contributed by atoms with Gasteiger partial charge in [-0.25, -0.2) is 0 Å². The van der Waals surface area contributed by atoms with E-state index in [9.17, 15) is 0 Å². The van der Waals surface area contributed by atoms with Crippen molar-refractivity contribution in [3.05, 3.63) is 0 Å². The SMILES string of the molecule is CCCNC1CCCCCC1SC. The summed E-state index contributed by atoms with van der Waals surface area (Å²) >= 11 is 2.06. The second-order valence-corrected chi connectivity index (χ2v) is 5.05. The van der Waals surface area contributed by atoms with Crippen LogP contribution in [0.2, 0.25) is 0 Å². The van der Waals surface area contributed by atoms with Gasteiger partial charge in [0.1, 0.15) is 0 Å². The molecule has 1 N–H and O–H groups in total. The van der Waals surface area contributed by atoms with Gasteiger partial charge in [0, 0.05) is 11.3 Å². The van der Waals surface area contributed by atoms with E-state index in [4.69, 9.17) is 0 Å². The summed E-state index contributed by atoms with van der Waals surface area (Å²) in [6.45, 7) is 3.44. The van der Waals surface area contributed by atoms with Crippen molar-refractivity contribution < 1.29 is 0 Å². The first-order valence-corrected chi connectivity index (χ1v) is 6.93. The van der Waals surface area contributed by atoms with Gasteiger partial charge in [0.2, 0.25) is 0 Å². The molecule has 0 aromatic heterocycles. The van der Waals surface area contributed by atoms with Crippen molar-refractivity contribution in [2.75, 3.05) is 12.8 Å². The number of hydrogen-bond donors (Lipinski definition) is 1. The summed E-state index contributed by atoms with van der Waals surface area (Å²) < 4.78 is 0. The van der Waals surface area contributed by atoms with Gasteiger partial charge in [-0.1, -0.05) is 26.2 Å². The summed E-state index contributed by atoms with van der Waals surface area (Å²) in [6, 6.07) is 0.789. The molecule has 1 nitrogen and oxygen atoms in total. The lowest BCUT2D eigenvalue weighted by atomic mass is 10.1. The van der Waals surface area contributed by atoms with Crippen molar-refractivity contribution in [1.82, 2.24) is 5.32 Å². The van der Waals surface area contributed by atoms with Crippen molar-refractivity contribution in [2.45, 2.75) is 56.7 Å². The molecule has 1 fully saturated rings. The Morgan fingerprint density at radius 2 is 2.00 bits per heavy atom. The average molecular weight is 201 g/mol. The normalized spacial score (nSPS) is 30.0. The number of nitrogens with one attached hydrogen (secondary N) is 1. The summed E-state index contributed by atoms with van der Waals surface area (Å²) in [7, 11) is 0. The molecule has 2 heteroatoms. The minimum atomic E-state index is 0.789. The second kappa shape index (κ2) is 6.72. The fraction of sp³-hybridized carbons (Fsp3) is 1.00. The van der Waals surface area contributed by atoms with Gasteiger partial charge in [-0.3, -0.25) is 0 Å². The molecule has 13 heavy (non-hydrogen) atoms. The van der Waals surface area contributed by atoms with Gasteiger partial charge < -0.3 is 5.32 Å². The third kappa shape index (κ3) is 3.90. The lowest BCUT2D eigenvalue weighted by Gasteiger charge is -2.24. The molecular formula is C11H23NS. The molecule has 1 rings (SSSR count). The molecule has 0 spiro atoms. The maximum Gasteiger partial charge on any atom is 0.0198 e. The molecule has 78 valence electrons. The van der Waals surface area contributed by atoms with E-state index in [1.54, 1.807) is 0 Å². The Hall–Kier alpha value is 0.310. The van der Waals surface area contributed by atoms with Gasteiger partial charge in [0.25, 0.3) is 0 Å². The van der Waals surface area contributed by atoms with Gasteiger partial charge in [-0.05, 0) is 32.1 Å².